The molecular weight excluding hydrogens is 222 g/mol. The highest BCUT2D eigenvalue weighted by atomic mass is 35.5. The molecule has 0 fully saturated rings. The van der Waals surface area contributed by atoms with E-state index in [0.29, 0.717) is 17.1 Å². The van der Waals surface area contributed by atoms with Crippen molar-refractivity contribution in [1.29, 1.82) is 0 Å². The minimum absolute atomic E-state index is 0.216. The lowest BCUT2D eigenvalue weighted by molar-refractivity contribution is -0.496. The van der Waals surface area contributed by atoms with Gasteiger partial charge in [-0.25, -0.2) is 0 Å². The van der Waals surface area contributed by atoms with Gasteiger partial charge in [-0.1, -0.05) is 11.6 Å². The van der Waals surface area contributed by atoms with Gasteiger partial charge in [0.15, 0.2) is 11.5 Å². The first kappa shape index (κ1) is 11.6. The van der Waals surface area contributed by atoms with Crippen LogP contribution in [0.2, 0.25) is 5.02 Å². The van der Waals surface area contributed by atoms with Crippen LogP contribution in [-0.2, 0) is 6.54 Å². The topological polar surface area (TPSA) is 61.6 Å². The Morgan fingerprint density at radius 3 is 2.53 bits per heavy atom. The molecule has 0 atom stereocenters. The highest BCUT2D eigenvalue weighted by molar-refractivity contribution is 6.33. The fourth-order valence-electron chi connectivity index (χ4n) is 1.19. The molecule has 6 heteroatoms. The Bertz CT molecular complexity index is 381. The number of rotatable bonds is 4. The highest BCUT2D eigenvalue weighted by Gasteiger charge is 2.15. The van der Waals surface area contributed by atoms with Crippen LogP contribution < -0.4 is 9.47 Å². The zero-order chi connectivity index (χ0) is 11.4. The minimum Gasteiger partial charge on any atom is -0.493 e. The van der Waals surface area contributed by atoms with Gasteiger partial charge >= 0.3 is 0 Å². The maximum absolute atomic E-state index is 10.3. The van der Waals surface area contributed by atoms with Gasteiger partial charge in [-0.05, 0) is 12.1 Å². The third-order valence-corrected chi connectivity index (χ3v) is 2.28. The molecule has 1 aromatic rings. The predicted octanol–water partition coefficient (Wildman–Crippen LogP) is 2.13. The fourth-order valence-corrected chi connectivity index (χ4v) is 1.48. The molecule has 0 bridgehead atoms. The van der Waals surface area contributed by atoms with Crippen LogP contribution in [0.4, 0.5) is 0 Å². The summed E-state index contributed by atoms with van der Waals surface area (Å²) in [7, 11) is 2.90. The molecule has 0 aliphatic carbocycles. The number of hydrogen-bond acceptors (Lipinski definition) is 4. The van der Waals surface area contributed by atoms with Crippen LogP contribution >= 0.6 is 11.6 Å². The van der Waals surface area contributed by atoms with E-state index in [-0.39, 0.29) is 11.6 Å². The standard InChI is InChI=1S/C9H10ClNO4/c1-14-7-4-3-6(5-11(12)13)8(10)9(7)15-2/h3-4H,5H2,1-2H3. The van der Waals surface area contributed by atoms with Gasteiger partial charge in [0.2, 0.25) is 6.54 Å². The molecule has 0 aliphatic heterocycles. The second-order valence-electron chi connectivity index (χ2n) is 2.77. The monoisotopic (exact) mass is 231 g/mol. The Hall–Kier alpha value is -1.49. The van der Waals surface area contributed by atoms with E-state index in [1.165, 1.54) is 14.2 Å². The number of halogens is 1. The highest BCUT2D eigenvalue weighted by Crippen LogP contribution is 2.37. The van der Waals surface area contributed by atoms with Crippen molar-refractivity contribution >= 4 is 11.6 Å². The van der Waals surface area contributed by atoms with E-state index in [1.54, 1.807) is 12.1 Å². The summed E-state index contributed by atoms with van der Waals surface area (Å²) in [6.45, 7) is -0.334. The smallest absolute Gasteiger partial charge is 0.230 e. The van der Waals surface area contributed by atoms with Crippen molar-refractivity contribution in [3.8, 4) is 11.5 Å². The lowest BCUT2D eigenvalue weighted by atomic mass is 10.2. The molecule has 0 amide bonds. The molecule has 0 heterocycles. The van der Waals surface area contributed by atoms with Gasteiger partial charge in [0.25, 0.3) is 0 Å². The van der Waals surface area contributed by atoms with E-state index in [1.807, 2.05) is 0 Å². The number of methoxy groups -OCH3 is 2. The summed E-state index contributed by atoms with van der Waals surface area (Å²) in [5, 5.41) is 10.6. The second kappa shape index (κ2) is 4.84. The van der Waals surface area contributed by atoms with Gasteiger partial charge < -0.3 is 9.47 Å². The van der Waals surface area contributed by atoms with Crippen LogP contribution in [0.25, 0.3) is 0 Å². The maximum atomic E-state index is 10.3. The molecule has 1 aromatic carbocycles. The summed E-state index contributed by atoms with van der Waals surface area (Å²) in [6.07, 6.45) is 0. The van der Waals surface area contributed by atoms with Crippen molar-refractivity contribution < 1.29 is 14.4 Å². The van der Waals surface area contributed by atoms with E-state index >= 15 is 0 Å². The molecule has 1 rings (SSSR count). The van der Waals surface area contributed by atoms with Crippen LogP contribution in [0.15, 0.2) is 12.1 Å². The molecule has 82 valence electrons. The van der Waals surface area contributed by atoms with Crippen molar-refractivity contribution in [1.82, 2.24) is 0 Å². The first-order valence-corrected chi connectivity index (χ1v) is 4.49. The van der Waals surface area contributed by atoms with Gasteiger partial charge in [0.05, 0.1) is 19.2 Å². The van der Waals surface area contributed by atoms with Gasteiger partial charge in [-0.2, -0.15) is 0 Å². The molecule has 0 radical (unpaired) electrons. The predicted molar refractivity (Wildman–Crippen MR) is 55.3 cm³/mol. The summed E-state index contributed by atoms with van der Waals surface area (Å²) in [4.78, 5) is 9.90. The summed E-state index contributed by atoms with van der Waals surface area (Å²) in [5.74, 6) is 0.771. The molecule has 5 nitrogen and oxygen atoms in total. The molecule has 0 spiro atoms. The zero-order valence-electron chi connectivity index (χ0n) is 8.32. The molecule has 0 N–H and O–H groups in total. The Morgan fingerprint density at radius 1 is 1.40 bits per heavy atom. The lowest BCUT2D eigenvalue weighted by Gasteiger charge is -2.10. The fraction of sp³-hybridized carbons (Fsp3) is 0.333. The molecule has 0 unspecified atom stereocenters. The number of benzene rings is 1. The van der Waals surface area contributed by atoms with Crippen LogP contribution in [-0.4, -0.2) is 19.1 Å². The molecule has 0 aliphatic rings. The zero-order valence-corrected chi connectivity index (χ0v) is 9.08. The second-order valence-corrected chi connectivity index (χ2v) is 3.14. The van der Waals surface area contributed by atoms with Gasteiger partial charge in [-0.3, -0.25) is 10.1 Å². The lowest BCUT2D eigenvalue weighted by Crippen LogP contribution is -2.01. The third kappa shape index (κ3) is 2.50. The SMILES string of the molecule is COc1ccc(C[N+](=O)[O-])c(Cl)c1OC. The quantitative estimate of drug-likeness (QED) is 0.588. The van der Waals surface area contributed by atoms with E-state index < -0.39 is 4.92 Å². The van der Waals surface area contributed by atoms with Gasteiger partial charge in [-0.15, -0.1) is 0 Å². The van der Waals surface area contributed by atoms with Crippen molar-refractivity contribution in [2.75, 3.05) is 14.2 Å². The molecule has 0 saturated carbocycles. The summed E-state index contributed by atoms with van der Waals surface area (Å²) in [5.41, 5.74) is 0.402. The van der Waals surface area contributed by atoms with Crippen molar-refractivity contribution in [2.45, 2.75) is 6.54 Å². The Morgan fingerprint density at radius 2 is 2.07 bits per heavy atom. The van der Waals surface area contributed by atoms with E-state index in [2.05, 4.69) is 0 Å². The van der Waals surface area contributed by atoms with Crippen LogP contribution in [0.5, 0.6) is 11.5 Å². The number of nitro groups is 1. The van der Waals surface area contributed by atoms with E-state index in [0.717, 1.165) is 0 Å². The van der Waals surface area contributed by atoms with Crippen molar-refractivity contribution in [3.63, 3.8) is 0 Å². The number of hydrogen-bond donors (Lipinski definition) is 0. The number of nitrogens with zero attached hydrogens (tertiary/aromatic N) is 1. The first-order valence-electron chi connectivity index (χ1n) is 4.11. The Labute approximate surface area is 91.7 Å². The van der Waals surface area contributed by atoms with E-state index in [9.17, 15) is 10.1 Å². The molecular formula is C9H10ClNO4. The summed E-state index contributed by atoms with van der Waals surface area (Å²) >= 11 is 5.93. The number of ether oxygens (including phenoxy) is 2. The average Bonchev–Trinajstić information content (AvgIpc) is 2.20. The van der Waals surface area contributed by atoms with Crippen LogP contribution in [0, 0.1) is 10.1 Å². The Kier molecular flexibility index (Phi) is 3.74. The van der Waals surface area contributed by atoms with Crippen LogP contribution in [0.3, 0.4) is 0 Å². The molecule has 15 heavy (non-hydrogen) atoms. The molecule has 0 aromatic heterocycles. The van der Waals surface area contributed by atoms with Gasteiger partial charge in [0, 0.05) is 10.5 Å². The minimum atomic E-state index is -0.451. The normalized spacial score (nSPS) is 9.80. The van der Waals surface area contributed by atoms with Gasteiger partial charge in [0.1, 0.15) is 0 Å². The summed E-state index contributed by atoms with van der Waals surface area (Å²) in [6, 6.07) is 3.13. The maximum Gasteiger partial charge on any atom is 0.230 e. The van der Waals surface area contributed by atoms with Crippen molar-refractivity contribution in [3.05, 3.63) is 32.8 Å². The van der Waals surface area contributed by atoms with Crippen molar-refractivity contribution in [2.24, 2.45) is 0 Å². The average molecular weight is 232 g/mol. The Balaban J connectivity index is 3.16. The largest absolute Gasteiger partial charge is 0.493 e. The third-order valence-electron chi connectivity index (χ3n) is 1.86. The first-order chi connectivity index (χ1) is 7.10. The molecule has 0 saturated heterocycles. The summed E-state index contributed by atoms with van der Waals surface area (Å²) < 4.78 is 10.0. The van der Waals surface area contributed by atoms with Crippen LogP contribution in [0.1, 0.15) is 5.56 Å². The van der Waals surface area contributed by atoms with E-state index in [4.69, 9.17) is 21.1 Å².